The fraction of sp³-hybridized carbons (Fsp3) is 0.889. The quantitative estimate of drug-likeness (QED) is 0.709. The number of hydrogen-bond donors (Lipinski definition) is 2. The molecule has 0 saturated heterocycles. The minimum Gasteiger partial charge on any atom is -0.368 e. The number of rotatable bonds is 6. The molecule has 0 rings (SSSR count). The van der Waals surface area contributed by atoms with Gasteiger partial charge in [-0.1, -0.05) is 0 Å². The van der Waals surface area contributed by atoms with Crippen LogP contribution in [0.25, 0.3) is 0 Å². The monoisotopic (exact) mass is 241 g/mol. The average molecular weight is 241 g/mol. The lowest BCUT2D eigenvalue weighted by Crippen LogP contribution is -2.44. The standard InChI is InChI=1S/C9H18F3N3O/c1-6(2)15(5-9(10,11)12)4-3-7(13)8(14)16/h6-7H,3-5,13H2,1-2H3,(H2,14,16). The van der Waals surface area contributed by atoms with Crippen molar-refractivity contribution in [2.24, 2.45) is 11.5 Å². The number of carbonyl (C=O) groups is 1. The molecule has 0 aliphatic carbocycles. The Kier molecular flexibility index (Phi) is 5.74. The molecule has 0 aromatic heterocycles. The molecule has 0 heterocycles. The maximum atomic E-state index is 12.2. The van der Waals surface area contributed by atoms with E-state index < -0.39 is 24.7 Å². The van der Waals surface area contributed by atoms with Crippen molar-refractivity contribution in [3.8, 4) is 0 Å². The molecular weight excluding hydrogens is 223 g/mol. The van der Waals surface area contributed by atoms with Crippen LogP contribution < -0.4 is 11.5 Å². The molecule has 0 saturated carbocycles. The van der Waals surface area contributed by atoms with Crippen LogP contribution in [0.15, 0.2) is 0 Å². The highest BCUT2D eigenvalue weighted by Gasteiger charge is 2.31. The zero-order valence-corrected chi connectivity index (χ0v) is 9.42. The molecule has 16 heavy (non-hydrogen) atoms. The summed E-state index contributed by atoms with van der Waals surface area (Å²) in [6.45, 7) is 2.40. The van der Waals surface area contributed by atoms with Gasteiger partial charge in [0.05, 0.1) is 12.6 Å². The van der Waals surface area contributed by atoms with E-state index in [1.54, 1.807) is 13.8 Å². The van der Waals surface area contributed by atoms with Gasteiger partial charge in [-0.05, 0) is 20.3 Å². The van der Waals surface area contributed by atoms with Crippen LogP contribution in [0.2, 0.25) is 0 Å². The molecule has 0 fully saturated rings. The predicted octanol–water partition coefficient (Wildman–Crippen LogP) is 0.462. The van der Waals surface area contributed by atoms with Crippen LogP contribution in [0.3, 0.4) is 0 Å². The second-order valence-electron chi connectivity index (χ2n) is 3.98. The number of halogens is 3. The van der Waals surface area contributed by atoms with Crippen molar-refractivity contribution < 1.29 is 18.0 Å². The van der Waals surface area contributed by atoms with Crippen molar-refractivity contribution in [1.29, 1.82) is 0 Å². The number of nitrogens with zero attached hydrogens (tertiary/aromatic N) is 1. The fourth-order valence-electron chi connectivity index (χ4n) is 1.20. The molecule has 4 nitrogen and oxygen atoms in total. The Morgan fingerprint density at radius 2 is 1.88 bits per heavy atom. The molecule has 1 amide bonds. The van der Waals surface area contributed by atoms with Gasteiger partial charge in [-0.2, -0.15) is 13.2 Å². The zero-order chi connectivity index (χ0) is 12.9. The van der Waals surface area contributed by atoms with Crippen molar-refractivity contribution >= 4 is 5.91 Å². The topological polar surface area (TPSA) is 72.3 Å². The smallest absolute Gasteiger partial charge is 0.368 e. The average Bonchev–Trinajstić information content (AvgIpc) is 2.09. The van der Waals surface area contributed by atoms with Crippen LogP contribution in [0.1, 0.15) is 20.3 Å². The number of primary amides is 1. The molecule has 1 atom stereocenters. The van der Waals surface area contributed by atoms with Gasteiger partial charge in [0.1, 0.15) is 0 Å². The number of amides is 1. The Bertz CT molecular complexity index is 231. The highest BCUT2D eigenvalue weighted by molar-refractivity contribution is 5.79. The minimum atomic E-state index is -4.25. The molecule has 0 aromatic carbocycles. The lowest BCUT2D eigenvalue weighted by molar-refractivity contribution is -0.149. The summed E-state index contributed by atoms with van der Waals surface area (Å²) in [6.07, 6.45) is -4.12. The third-order valence-electron chi connectivity index (χ3n) is 2.21. The summed E-state index contributed by atoms with van der Waals surface area (Å²) in [5, 5.41) is 0. The van der Waals surface area contributed by atoms with Crippen molar-refractivity contribution in [3.05, 3.63) is 0 Å². The highest BCUT2D eigenvalue weighted by Crippen LogP contribution is 2.18. The Morgan fingerprint density at radius 1 is 1.38 bits per heavy atom. The Hall–Kier alpha value is -0.820. The van der Waals surface area contributed by atoms with E-state index >= 15 is 0 Å². The molecular formula is C9H18F3N3O. The van der Waals surface area contributed by atoms with Crippen LogP contribution in [0, 0.1) is 0 Å². The van der Waals surface area contributed by atoms with Gasteiger partial charge >= 0.3 is 6.18 Å². The maximum Gasteiger partial charge on any atom is 0.401 e. The number of nitrogens with two attached hydrogens (primary N) is 2. The highest BCUT2D eigenvalue weighted by atomic mass is 19.4. The summed E-state index contributed by atoms with van der Waals surface area (Å²) in [4.78, 5) is 11.8. The van der Waals surface area contributed by atoms with Crippen LogP contribution in [0.4, 0.5) is 13.2 Å². The first-order valence-electron chi connectivity index (χ1n) is 4.99. The van der Waals surface area contributed by atoms with Gasteiger partial charge in [-0.25, -0.2) is 0 Å². The van der Waals surface area contributed by atoms with E-state index in [0.717, 1.165) is 0 Å². The molecule has 96 valence electrons. The fourth-order valence-corrected chi connectivity index (χ4v) is 1.20. The summed E-state index contributed by atoms with van der Waals surface area (Å²) in [7, 11) is 0. The normalized spacial score (nSPS) is 14.5. The van der Waals surface area contributed by atoms with Gasteiger partial charge < -0.3 is 11.5 Å². The summed E-state index contributed by atoms with van der Waals surface area (Å²) in [6, 6.07) is -1.16. The van der Waals surface area contributed by atoms with E-state index in [1.165, 1.54) is 4.90 Å². The third kappa shape index (κ3) is 6.62. The molecule has 0 bridgehead atoms. The van der Waals surface area contributed by atoms with Gasteiger partial charge in [0, 0.05) is 12.6 Å². The maximum absolute atomic E-state index is 12.2. The van der Waals surface area contributed by atoms with Gasteiger partial charge in [-0.15, -0.1) is 0 Å². The largest absolute Gasteiger partial charge is 0.401 e. The van der Waals surface area contributed by atoms with E-state index in [2.05, 4.69) is 0 Å². The SMILES string of the molecule is CC(C)N(CCC(N)C(N)=O)CC(F)(F)F. The molecule has 0 aromatic rings. The molecule has 7 heteroatoms. The predicted molar refractivity (Wildman–Crippen MR) is 54.6 cm³/mol. The number of alkyl halides is 3. The van der Waals surface area contributed by atoms with Crippen molar-refractivity contribution in [2.45, 2.75) is 38.5 Å². The first-order chi connectivity index (χ1) is 7.13. The summed E-state index contributed by atoms with van der Waals surface area (Å²) in [5.74, 6) is -0.698. The van der Waals surface area contributed by atoms with Crippen molar-refractivity contribution in [1.82, 2.24) is 4.90 Å². The van der Waals surface area contributed by atoms with Crippen molar-refractivity contribution in [2.75, 3.05) is 13.1 Å². The van der Waals surface area contributed by atoms with E-state index in [1.807, 2.05) is 0 Å². The lowest BCUT2D eigenvalue weighted by Gasteiger charge is -2.28. The van der Waals surface area contributed by atoms with Crippen LogP contribution in [-0.2, 0) is 4.79 Å². The van der Waals surface area contributed by atoms with Gasteiger partial charge in [0.2, 0.25) is 5.91 Å². The molecule has 0 aliphatic rings. The number of hydrogen-bond acceptors (Lipinski definition) is 3. The Morgan fingerprint density at radius 3 is 2.19 bits per heavy atom. The van der Waals surface area contributed by atoms with Gasteiger partial charge in [-0.3, -0.25) is 9.69 Å². The lowest BCUT2D eigenvalue weighted by atomic mass is 10.2. The molecule has 1 unspecified atom stereocenters. The summed E-state index contributed by atoms with van der Waals surface area (Å²) in [5.41, 5.74) is 10.3. The van der Waals surface area contributed by atoms with Crippen LogP contribution >= 0.6 is 0 Å². The second-order valence-corrected chi connectivity index (χ2v) is 3.98. The van der Waals surface area contributed by atoms with E-state index in [9.17, 15) is 18.0 Å². The van der Waals surface area contributed by atoms with E-state index in [-0.39, 0.29) is 19.0 Å². The third-order valence-corrected chi connectivity index (χ3v) is 2.21. The van der Waals surface area contributed by atoms with Gasteiger partial charge in [0.25, 0.3) is 0 Å². The molecule has 0 aliphatic heterocycles. The Balaban J connectivity index is 4.20. The molecule has 0 spiro atoms. The Labute approximate surface area is 92.8 Å². The first kappa shape index (κ1) is 15.2. The van der Waals surface area contributed by atoms with Gasteiger partial charge in [0.15, 0.2) is 0 Å². The summed E-state index contributed by atoms with van der Waals surface area (Å²) < 4.78 is 36.6. The van der Waals surface area contributed by atoms with Crippen molar-refractivity contribution in [3.63, 3.8) is 0 Å². The minimum absolute atomic E-state index is 0.0985. The van der Waals surface area contributed by atoms with Crippen LogP contribution in [-0.4, -0.2) is 42.2 Å². The molecule has 4 N–H and O–H groups in total. The zero-order valence-electron chi connectivity index (χ0n) is 9.42. The molecule has 0 radical (unpaired) electrons. The van der Waals surface area contributed by atoms with Crippen LogP contribution in [0.5, 0.6) is 0 Å². The van der Waals surface area contributed by atoms with E-state index in [0.29, 0.717) is 0 Å². The first-order valence-corrected chi connectivity index (χ1v) is 4.99. The van der Waals surface area contributed by atoms with E-state index in [4.69, 9.17) is 11.5 Å². The summed E-state index contributed by atoms with van der Waals surface area (Å²) >= 11 is 0. The number of carbonyl (C=O) groups excluding carboxylic acids is 1. The second kappa shape index (κ2) is 6.05.